The number of fused-ring (bicyclic) bond motifs is 1. The summed E-state index contributed by atoms with van der Waals surface area (Å²) in [4.78, 5) is 0. The van der Waals surface area contributed by atoms with Crippen LogP contribution in [0.15, 0.2) is 18.2 Å². The fourth-order valence-corrected chi connectivity index (χ4v) is 7.27. The van der Waals surface area contributed by atoms with Crippen LogP contribution in [-0.2, 0) is 23.2 Å². The Bertz CT molecular complexity index is 735. The maximum Gasteiger partial charge on any atom is 0.282 e. The number of hydrogen-bond donors (Lipinski definition) is 1. The lowest BCUT2D eigenvalue weighted by atomic mass is 9.91. The highest BCUT2D eigenvalue weighted by Gasteiger charge is 2.41. The predicted molar refractivity (Wildman–Crippen MR) is 107 cm³/mol. The SMILES string of the molecule is O=S(=O)(N1CCc2cccc(O)c2C1)N(C1CCCCC1)C1CCCCC1. The standard InChI is InChI=1S/C21H32N2O3S/c24-21-13-7-8-17-14-15-22(16-20(17)21)27(25,26)23(18-9-3-1-4-10-18)19-11-5-2-6-12-19/h7-8,13,18-19,24H,1-6,9-12,14-16H2. The van der Waals surface area contributed by atoms with Crippen LogP contribution in [0.25, 0.3) is 0 Å². The van der Waals surface area contributed by atoms with Crippen LogP contribution in [0.1, 0.15) is 75.3 Å². The first-order valence-electron chi connectivity index (χ1n) is 10.7. The molecular weight excluding hydrogens is 360 g/mol. The van der Waals surface area contributed by atoms with Gasteiger partial charge in [-0.05, 0) is 43.7 Å². The third kappa shape index (κ3) is 3.89. The smallest absolute Gasteiger partial charge is 0.282 e. The molecule has 3 aliphatic rings. The average molecular weight is 393 g/mol. The normalized spacial score (nSPS) is 23.4. The molecule has 0 saturated heterocycles. The fourth-order valence-electron chi connectivity index (χ4n) is 5.21. The topological polar surface area (TPSA) is 60.9 Å². The first-order valence-corrected chi connectivity index (χ1v) is 12.1. The van der Waals surface area contributed by atoms with Crippen molar-refractivity contribution in [3.63, 3.8) is 0 Å². The predicted octanol–water partition coefficient (Wildman–Crippen LogP) is 3.96. The van der Waals surface area contributed by atoms with Gasteiger partial charge in [0.05, 0.1) is 0 Å². The minimum Gasteiger partial charge on any atom is -0.508 e. The maximum atomic E-state index is 13.8. The van der Waals surface area contributed by atoms with Gasteiger partial charge in [-0.25, -0.2) is 0 Å². The van der Waals surface area contributed by atoms with Gasteiger partial charge in [0.15, 0.2) is 0 Å². The van der Waals surface area contributed by atoms with Crippen LogP contribution < -0.4 is 0 Å². The summed E-state index contributed by atoms with van der Waals surface area (Å²) in [6.45, 7) is 0.801. The second kappa shape index (κ2) is 8.10. The van der Waals surface area contributed by atoms with Gasteiger partial charge >= 0.3 is 0 Å². The fraction of sp³-hybridized carbons (Fsp3) is 0.714. The molecule has 6 heteroatoms. The summed E-state index contributed by atoms with van der Waals surface area (Å²) < 4.78 is 31.1. The van der Waals surface area contributed by atoms with Crippen LogP contribution in [0.3, 0.4) is 0 Å². The number of hydrogen-bond acceptors (Lipinski definition) is 3. The van der Waals surface area contributed by atoms with Crippen molar-refractivity contribution in [3.8, 4) is 5.75 Å². The molecule has 0 atom stereocenters. The molecule has 150 valence electrons. The average Bonchev–Trinajstić information content (AvgIpc) is 2.70. The third-order valence-corrected chi connectivity index (χ3v) is 8.77. The van der Waals surface area contributed by atoms with Gasteiger partial charge in [0.25, 0.3) is 10.2 Å². The van der Waals surface area contributed by atoms with Gasteiger partial charge in [-0.2, -0.15) is 17.0 Å². The Kier molecular flexibility index (Phi) is 5.76. The Morgan fingerprint density at radius 2 is 1.52 bits per heavy atom. The molecule has 0 bridgehead atoms. The van der Waals surface area contributed by atoms with Crippen LogP contribution in [-0.4, -0.2) is 40.8 Å². The van der Waals surface area contributed by atoms with E-state index in [1.54, 1.807) is 10.4 Å². The molecule has 0 aromatic heterocycles. The molecule has 0 unspecified atom stereocenters. The first kappa shape index (κ1) is 19.2. The van der Waals surface area contributed by atoms with Crippen LogP contribution >= 0.6 is 0 Å². The van der Waals surface area contributed by atoms with Crippen molar-refractivity contribution in [2.24, 2.45) is 0 Å². The Morgan fingerprint density at radius 3 is 2.11 bits per heavy atom. The number of benzene rings is 1. The summed E-state index contributed by atoms with van der Waals surface area (Å²) in [5.41, 5.74) is 1.85. The molecule has 0 radical (unpaired) electrons. The lowest BCUT2D eigenvalue weighted by molar-refractivity contribution is 0.156. The molecule has 1 aliphatic heterocycles. The van der Waals surface area contributed by atoms with E-state index < -0.39 is 10.2 Å². The Hall–Kier alpha value is -1.11. The van der Waals surface area contributed by atoms with E-state index in [9.17, 15) is 13.5 Å². The molecule has 2 aliphatic carbocycles. The van der Waals surface area contributed by atoms with Gasteiger partial charge in [0, 0.05) is 30.7 Å². The molecule has 5 nitrogen and oxygen atoms in total. The van der Waals surface area contributed by atoms with Crippen LogP contribution in [0.2, 0.25) is 0 Å². The van der Waals surface area contributed by atoms with Crippen molar-refractivity contribution in [2.75, 3.05) is 6.54 Å². The van der Waals surface area contributed by atoms with Crippen LogP contribution in [0, 0.1) is 0 Å². The second-order valence-electron chi connectivity index (χ2n) is 8.42. The number of nitrogens with zero attached hydrogens (tertiary/aromatic N) is 2. The van der Waals surface area contributed by atoms with E-state index in [4.69, 9.17) is 0 Å². The zero-order valence-electron chi connectivity index (χ0n) is 16.1. The lowest BCUT2D eigenvalue weighted by Gasteiger charge is -2.43. The summed E-state index contributed by atoms with van der Waals surface area (Å²) in [5.74, 6) is 0.217. The van der Waals surface area contributed by atoms with Crippen molar-refractivity contribution in [3.05, 3.63) is 29.3 Å². The molecule has 27 heavy (non-hydrogen) atoms. The number of phenolic OH excluding ortho intramolecular Hbond substituents is 1. The minimum absolute atomic E-state index is 0.151. The summed E-state index contributed by atoms with van der Waals surface area (Å²) in [7, 11) is -3.53. The minimum atomic E-state index is -3.53. The van der Waals surface area contributed by atoms with E-state index in [-0.39, 0.29) is 17.8 Å². The van der Waals surface area contributed by atoms with Crippen molar-refractivity contribution in [1.29, 1.82) is 0 Å². The highest BCUT2D eigenvalue weighted by atomic mass is 32.2. The van der Waals surface area contributed by atoms with E-state index in [2.05, 4.69) is 0 Å². The van der Waals surface area contributed by atoms with Gasteiger partial charge in [-0.1, -0.05) is 50.7 Å². The molecule has 2 saturated carbocycles. The molecule has 1 N–H and O–H groups in total. The Labute approximate surface area is 163 Å². The van der Waals surface area contributed by atoms with Gasteiger partial charge in [-0.3, -0.25) is 0 Å². The molecule has 0 spiro atoms. The Balaban J connectivity index is 1.62. The molecule has 0 amide bonds. The van der Waals surface area contributed by atoms with Crippen LogP contribution in [0.4, 0.5) is 0 Å². The van der Waals surface area contributed by atoms with E-state index in [1.807, 2.05) is 16.4 Å². The second-order valence-corrected chi connectivity index (χ2v) is 10.3. The largest absolute Gasteiger partial charge is 0.508 e. The van der Waals surface area contributed by atoms with E-state index >= 15 is 0 Å². The number of phenols is 1. The maximum absolute atomic E-state index is 13.8. The van der Waals surface area contributed by atoms with Crippen LogP contribution in [0.5, 0.6) is 5.75 Å². The van der Waals surface area contributed by atoms with Crippen molar-refractivity contribution in [2.45, 2.75) is 89.3 Å². The third-order valence-electron chi connectivity index (χ3n) is 6.68. The highest BCUT2D eigenvalue weighted by molar-refractivity contribution is 7.86. The van der Waals surface area contributed by atoms with Crippen molar-refractivity contribution in [1.82, 2.24) is 8.61 Å². The van der Waals surface area contributed by atoms with Crippen molar-refractivity contribution < 1.29 is 13.5 Å². The zero-order chi connectivity index (χ0) is 18.9. The summed E-state index contributed by atoms with van der Waals surface area (Å²) >= 11 is 0. The quantitative estimate of drug-likeness (QED) is 0.844. The monoisotopic (exact) mass is 392 g/mol. The molecule has 1 aromatic rings. The van der Waals surface area contributed by atoms with Gasteiger partial charge in [-0.15, -0.1) is 0 Å². The summed E-state index contributed by atoms with van der Waals surface area (Å²) in [6, 6.07) is 5.80. The highest BCUT2D eigenvalue weighted by Crippen LogP contribution is 2.36. The van der Waals surface area contributed by atoms with Gasteiger partial charge in [0.2, 0.25) is 0 Å². The first-order chi connectivity index (χ1) is 13.1. The summed E-state index contributed by atoms with van der Waals surface area (Å²) in [6.07, 6.45) is 11.6. The Morgan fingerprint density at radius 1 is 0.926 bits per heavy atom. The lowest BCUT2D eigenvalue weighted by Crippen LogP contribution is -2.54. The molecule has 1 aromatic carbocycles. The zero-order valence-corrected chi connectivity index (χ0v) is 17.0. The number of rotatable bonds is 4. The molecular formula is C21H32N2O3S. The van der Waals surface area contributed by atoms with E-state index in [0.717, 1.165) is 62.5 Å². The molecule has 2 fully saturated rings. The van der Waals surface area contributed by atoms with E-state index in [1.165, 1.54) is 12.8 Å². The molecule has 1 heterocycles. The van der Waals surface area contributed by atoms with Gasteiger partial charge in [0.1, 0.15) is 5.75 Å². The van der Waals surface area contributed by atoms with Gasteiger partial charge < -0.3 is 5.11 Å². The van der Waals surface area contributed by atoms with Crippen molar-refractivity contribution >= 4 is 10.2 Å². The van der Waals surface area contributed by atoms with E-state index in [0.29, 0.717) is 19.5 Å². The number of aromatic hydroxyl groups is 1. The summed E-state index contributed by atoms with van der Waals surface area (Å²) in [5, 5.41) is 10.2. The molecule has 4 rings (SSSR count).